The standard InChI is InChI=1S/C19H20N2O4/c1-23-16-6-4-5-15(11-16)21-19(22)14(12-20)9-13-10-17(24-2)7-8-18(13)25-3/h4-8,10-11,14H,9H2,1-3H3,(H,21,22). The monoisotopic (exact) mass is 340 g/mol. The molecule has 0 radical (unpaired) electrons. The van der Waals surface area contributed by atoms with Gasteiger partial charge in [0.25, 0.3) is 0 Å². The summed E-state index contributed by atoms with van der Waals surface area (Å²) in [7, 11) is 4.65. The van der Waals surface area contributed by atoms with Gasteiger partial charge in [-0.1, -0.05) is 6.07 Å². The van der Waals surface area contributed by atoms with Crippen LogP contribution in [0.4, 0.5) is 5.69 Å². The molecule has 0 aliphatic carbocycles. The molecule has 0 heterocycles. The number of nitriles is 1. The van der Waals surface area contributed by atoms with Gasteiger partial charge in [-0.3, -0.25) is 4.79 Å². The lowest BCUT2D eigenvalue weighted by molar-refractivity contribution is -0.118. The largest absolute Gasteiger partial charge is 0.497 e. The van der Waals surface area contributed by atoms with Crippen LogP contribution in [-0.4, -0.2) is 27.2 Å². The SMILES string of the molecule is COc1cccc(NC(=O)C(C#N)Cc2cc(OC)ccc2OC)c1. The molecule has 2 aromatic rings. The first-order valence-corrected chi connectivity index (χ1v) is 7.66. The molecule has 0 saturated carbocycles. The fourth-order valence-corrected chi connectivity index (χ4v) is 2.39. The number of anilines is 1. The van der Waals surface area contributed by atoms with Crippen LogP contribution >= 0.6 is 0 Å². The van der Waals surface area contributed by atoms with Gasteiger partial charge in [0.1, 0.15) is 23.2 Å². The normalized spacial score (nSPS) is 11.1. The van der Waals surface area contributed by atoms with Crippen LogP contribution in [-0.2, 0) is 11.2 Å². The molecule has 2 rings (SSSR count). The number of hydrogen-bond acceptors (Lipinski definition) is 5. The zero-order valence-corrected chi connectivity index (χ0v) is 14.4. The topological polar surface area (TPSA) is 80.6 Å². The van der Waals surface area contributed by atoms with E-state index in [1.165, 1.54) is 0 Å². The molecule has 0 fully saturated rings. The van der Waals surface area contributed by atoms with Crippen molar-refractivity contribution in [2.24, 2.45) is 5.92 Å². The highest BCUT2D eigenvalue weighted by Gasteiger charge is 2.21. The van der Waals surface area contributed by atoms with Gasteiger partial charge in [-0.2, -0.15) is 5.26 Å². The van der Waals surface area contributed by atoms with Gasteiger partial charge in [0, 0.05) is 18.2 Å². The summed E-state index contributed by atoms with van der Waals surface area (Å²) in [5, 5.41) is 12.2. The molecule has 2 aromatic carbocycles. The van der Waals surface area contributed by atoms with Crippen LogP contribution in [0, 0.1) is 17.2 Å². The van der Waals surface area contributed by atoms with Gasteiger partial charge < -0.3 is 19.5 Å². The molecule has 130 valence electrons. The van der Waals surface area contributed by atoms with Crippen molar-refractivity contribution in [3.63, 3.8) is 0 Å². The van der Waals surface area contributed by atoms with E-state index in [1.54, 1.807) is 63.8 Å². The molecule has 0 aliphatic heterocycles. The third kappa shape index (κ3) is 4.64. The van der Waals surface area contributed by atoms with Crippen LogP contribution in [0.1, 0.15) is 5.56 Å². The number of nitrogens with zero attached hydrogens (tertiary/aromatic N) is 1. The molecule has 0 saturated heterocycles. The Bertz CT molecular complexity index is 783. The van der Waals surface area contributed by atoms with Gasteiger partial charge in [-0.25, -0.2) is 0 Å². The summed E-state index contributed by atoms with van der Waals surface area (Å²) in [5.74, 6) is 0.615. The minimum atomic E-state index is -0.868. The van der Waals surface area contributed by atoms with E-state index in [0.29, 0.717) is 22.9 Å². The summed E-state index contributed by atoms with van der Waals surface area (Å²) in [6.45, 7) is 0. The van der Waals surface area contributed by atoms with E-state index < -0.39 is 5.92 Å². The molecule has 1 atom stereocenters. The number of carbonyl (C=O) groups is 1. The van der Waals surface area contributed by atoms with Crippen molar-refractivity contribution in [1.29, 1.82) is 5.26 Å². The quantitative estimate of drug-likeness (QED) is 0.838. The lowest BCUT2D eigenvalue weighted by Gasteiger charge is -2.14. The van der Waals surface area contributed by atoms with E-state index in [1.807, 2.05) is 6.07 Å². The minimum Gasteiger partial charge on any atom is -0.497 e. The van der Waals surface area contributed by atoms with Crippen LogP contribution in [0.15, 0.2) is 42.5 Å². The lowest BCUT2D eigenvalue weighted by Crippen LogP contribution is -2.23. The average Bonchev–Trinajstić information content (AvgIpc) is 2.65. The minimum absolute atomic E-state index is 0.215. The second kappa shape index (κ2) is 8.60. The molecule has 6 nitrogen and oxygen atoms in total. The van der Waals surface area contributed by atoms with Crippen LogP contribution in [0.25, 0.3) is 0 Å². The van der Waals surface area contributed by atoms with Crippen molar-refractivity contribution in [2.75, 3.05) is 26.6 Å². The smallest absolute Gasteiger partial charge is 0.242 e. The number of rotatable bonds is 7. The Balaban J connectivity index is 2.16. The Labute approximate surface area is 146 Å². The summed E-state index contributed by atoms with van der Waals surface area (Å²) < 4.78 is 15.6. The predicted molar refractivity (Wildman–Crippen MR) is 94.0 cm³/mol. The summed E-state index contributed by atoms with van der Waals surface area (Å²) >= 11 is 0. The first-order chi connectivity index (χ1) is 12.1. The van der Waals surface area contributed by atoms with Gasteiger partial charge in [-0.05, 0) is 35.9 Å². The summed E-state index contributed by atoms with van der Waals surface area (Å²) in [4.78, 5) is 12.5. The molecule has 25 heavy (non-hydrogen) atoms. The van der Waals surface area contributed by atoms with Crippen LogP contribution in [0.2, 0.25) is 0 Å². The maximum Gasteiger partial charge on any atom is 0.242 e. The Kier molecular flexibility index (Phi) is 6.24. The van der Waals surface area contributed by atoms with Crippen molar-refractivity contribution in [1.82, 2.24) is 0 Å². The van der Waals surface area contributed by atoms with Crippen molar-refractivity contribution in [3.8, 4) is 23.3 Å². The highest BCUT2D eigenvalue weighted by molar-refractivity contribution is 5.94. The molecule has 0 aliphatic rings. The first-order valence-electron chi connectivity index (χ1n) is 7.66. The molecule has 6 heteroatoms. The Morgan fingerprint density at radius 1 is 1.08 bits per heavy atom. The zero-order chi connectivity index (χ0) is 18.2. The summed E-state index contributed by atoms with van der Waals surface area (Å²) in [6, 6.07) is 14.3. The molecule has 0 spiro atoms. The zero-order valence-electron chi connectivity index (χ0n) is 14.4. The van der Waals surface area contributed by atoms with Crippen molar-refractivity contribution < 1.29 is 19.0 Å². The number of carbonyl (C=O) groups excluding carboxylic acids is 1. The molecule has 1 unspecified atom stereocenters. The van der Waals surface area contributed by atoms with E-state index in [-0.39, 0.29) is 12.3 Å². The summed E-state index contributed by atoms with van der Waals surface area (Å²) in [6.07, 6.45) is 0.215. The first kappa shape index (κ1) is 18.1. The number of benzene rings is 2. The second-order valence-electron chi connectivity index (χ2n) is 5.28. The van der Waals surface area contributed by atoms with Crippen molar-refractivity contribution >= 4 is 11.6 Å². The van der Waals surface area contributed by atoms with Crippen molar-refractivity contribution in [3.05, 3.63) is 48.0 Å². The molecule has 0 aromatic heterocycles. The number of hydrogen-bond donors (Lipinski definition) is 1. The number of nitrogens with one attached hydrogen (secondary N) is 1. The maximum absolute atomic E-state index is 12.5. The highest BCUT2D eigenvalue weighted by atomic mass is 16.5. The Morgan fingerprint density at radius 3 is 2.44 bits per heavy atom. The molecular weight excluding hydrogens is 320 g/mol. The molecule has 0 bridgehead atoms. The lowest BCUT2D eigenvalue weighted by atomic mass is 9.98. The van der Waals surface area contributed by atoms with Crippen LogP contribution in [0.3, 0.4) is 0 Å². The van der Waals surface area contributed by atoms with Gasteiger partial charge in [0.05, 0.1) is 27.4 Å². The average molecular weight is 340 g/mol. The van der Waals surface area contributed by atoms with E-state index in [0.717, 1.165) is 5.56 Å². The van der Waals surface area contributed by atoms with Crippen LogP contribution in [0.5, 0.6) is 17.2 Å². The van der Waals surface area contributed by atoms with Gasteiger partial charge in [0.15, 0.2) is 0 Å². The summed E-state index contributed by atoms with van der Waals surface area (Å²) in [5.41, 5.74) is 1.30. The molecule has 1 amide bonds. The van der Waals surface area contributed by atoms with E-state index in [9.17, 15) is 10.1 Å². The van der Waals surface area contributed by atoms with Gasteiger partial charge in [0.2, 0.25) is 5.91 Å². The fourth-order valence-electron chi connectivity index (χ4n) is 2.39. The number of amides is 1. The maximum atomic E-state index is 12.5. The van der Waals surface area contributed by atoms with Gasteiger partial charge in [-0.15, -0.1) is 0 Å². The third-order valence-electron chi connectivity index (χ3n) is 3.72. The van der Waals surface area contributed by atoms with E-state index >= 15 is 0 Å². The van der Waals surface area contributed by atoms with E-state index in [2.05, 4.69) is 5.32 Å². The number of ether oxygens (including phenoxy) is 3. The van der Waals surface area contributed by atoms with Crippen LogP contribution < -0.4 is 19.5 Å². The van der Waals surface area contributed by atoms with E-state index in [4.69, 9.17) is 14.2 Å². The highest BCUT2D eigenvalue weighted by Crippen LogP contribution is 2.27. The molecular formula is C19H20N2O4. The third-order valence-corrected chi connectivity index (χ3v) is 3.72. The van der Waals surface area contributed by atoms with Crippen molar-refractivity contribution in [2.45, 2.75) is 6.42 Å². The number of methoxy groups -OCH3 is 3. The molecule has 1 N–H and O–H groups in total. The Hall–Kier alpha value is -3.20. The van der Waals surface area contributed by atoms with Gasteiger partial charge >= 0.3 is 0 Å². The second-order valence-corrected chi connectivity index (χ2v) is 5.28. The fraction of sp³-hybridized carbons (Fsp3) is 0.263. The predicted octanol–water partition coefficient (Wildman–Crippen LogP) is 3.03. The Morgan fingerprint density at radius 2 is 1.80 bits per heavy atom.